The average molecular weight is 513 g/mol. The predicted octanol–water partition coefficient (Wildman–Crippen LogP) is 5.50. The van der Waals surface area contributed by atoms with Crippen LogP contribution in [-0.4, -0.2) is 40.5 Å². The van der Waals surface area contributed by atoms with E-state index in [1.807, 2.05) is 42.5 Å². The van der Waals surface area contributed by atoms with Gasteiger partial charge in [0.25, 0.3) is 5.91 Å². The van der Waals surface area contributed by atoms with Crippen LogP contribution >= 0.6 is 0 Å². The van der Waals surface area contributed by atoms with Crippen LogP contribution in [0.2, 0.25) is 0 Å². The molecular weight excluding hydrogens is 480 g/mol. The topological polar surface area (TPSA) is 123 Å². The van der Waals surface area contributed by atoms with Gasteiger partial charge in [0, 0.05) is 40.1 Å². The van der Waals surface area contributed by atoms with Crippen molar-refractivity contribution in [2.75, 3.05) is 17.2 Å². The number of amides is 2. The number of nitrogens with one attached hydrogen (secondary N) is 4. The number of carbonyl (C=O) groups excluding carboxylic acids is 2. The van der Waals surface area contributed by atoms with E-state index in [9.17, 15) is 14.4 Å². The van der Waals surface area contributed by atoms with Gasteiger partial charge in [0.1, 0.15) is 6.04 Å². The Bertz CT molecular complexity index is 1380. The first-order valence-electron chi connectivity index (χ1n) is 12.6. The summed E-state index contributed by atoms with van der Waals surface area (Å²) in [5.74, 6) is -1.18. The first-order valence-corrected chi connectivity index (χ1v) is 12.6. The Hall–Kier alpha value is -4.59. The number of aliphatic carboxylic acids is 1. The maximum atomic E-state index is 13.2. The molecule has 0 spiro atoms. The molecule has 0 bridgehead atoms. The number of anilines is 2. The number of rotatable bonds is 11. The lowest BCUT2D eigenvalue weighted by atomic mass is 10.0. The molecule has 8 nitrogen and oxygen atoms in total. The Morgan fingerprint density at radius 1 is 0.895 bits per heavy atom. The summed E-state index contributed by atoms with van der Waals surface area (Å²) in [5, 5.41) is 18.7. The molecule has 0 saturated heterocycles. The molecule has 1 aromatic heterocycles. The summed E-state index contributed by atoms with van der Waals surface area (Å²) >= 11 is 0. The minimum atomic E-state index is -0.968. The Morgan fingerprint density at radius 3 is 2.24 bits per heavy atom. The Labute approximate surface area is 221 Å². The van der Waals surface area contributed by atoms with E-state index in [0.717, 1.165) is 22.2 Å². The third kappa shape index (κ3) is 7.00. The molecule has 3 aromatic carbocycles. The van der Waals surface area contributed by atoms with Crippen LogP contribution in [0, 0.1) is 5.92 Å². The first-order chi connectivity index (χ1) is 18.3. The standard InChI is InChI=1S/C30H32N4O4/c1-19(2)17-27(32-23-13-9-21(10-14-23)29(37)31-16-15-28(35)36)30(38)33-24-11-7-20(8-12-24)26-18-22-5-3-4-6-25(22)34-26/h3-14,18-19,27,32,34H,15-17H2,1-2H3,(H,31,37)(H,33,38)(H,35,36). The summed E-state index contributed by atoms with van der Waals surface area (Å²) in [7, 11) is 0. The van der Waals surface area contributed by atoms with Crippen molar-refractivity contribution in [1.82, 2.24) is 10.3 Å². The molecule has 0 fully saturated rings. The van der Waals surface area contributed by atoms with Crippen LogP contribution < -0.4 is 16.0 Å². The lowest BCUT2D eigenvalue weighted by Crippen LogP contribution is -2.35. The highest BCUT2D eigenvalue weighted by molar-refractivity contribution is 5.97. The van der Waals surface area contributed by atoms with Crippen molar-refractivity contribution >= 4 is 40.1 Å². The summed E-state index contributed by atoms with van der Waals surface area (Å²) in [6.45, 7) is 4.18. The van der Waals surface area contributed by atoms with E-state index in [-0.39, 0.29) is 30.7 Å². The maximum absolute atomic E-state index is 13.2. The van der Waals surface area contributed by atoms with Crippen molar-refractivity contribution in [3.05, 3.63) is 84.4 Å². The van der Waals surface area contributed by atoms with Gasteiger partial charge in [0.15, 0.2) is 0 Å². The molecule has 4 rings (SSSR count). The number of aromatic amines is 1. The molecule has 1 heterocycles. The highest BCUT2D eigenvalue weighted by Gasteiger charge is 2.20. The third-order valence-corrected chi connectivity index (χ3v) is 6.13. The molecule has 0 radical (unpaired) electrons. The van der Waals surface area contributed by atoms with Gasteiger partial charge in [-0.3, -0.25) is 14.4 Å². The third-order valence-electron chi connectivity index (χ3n) is 6.13. The fourth-order valence-corrected chi connectivity index (χ4v) is 4.20. The van der Waals surface area contributed by atoms with Crippen molar-refractivity contribution in [3.8, 4) is 11.3 Å². The van der Waals surface area contributed by atoms with Gasteiger partial charge in [-0.05, 0) is 66.4 Å². The van der Waals surface area contributed by atoms with E-state index in [1.54, 1.807) is 24.3 Å². The zero-order chi connectivity index (χ0) is 27.1. The van der Waals surface area contributed by atoms with Crippen LogP contribution in [0.5, 0.6) is 0 Å². The Kier molecular flexibility index (Phi) is 8.43. The summed E-state index contributed by atoms with van der Waals surface area (Å²) in [6.07, 6.45) is 0.486. The number of carboxylic acids is 1. The molecule has 0 aliphatic rings. The van der Waals surface area contributed by atoms with Crippen LogP contribution in [0.25, 0.3) is 22.2 Å². The number of benzene rings is 3. The van der Waals surface area contributed by atoms with Gasteiger partial charge in [-0.25, -0.2) is 0 Å². The zero-order valence-corrected chi connectivity index (χ0v) is 21.5. The first kappa shape index (κ1) is 26.5. The molecule has 196 valence electrons. The van der Waals surface area contributed by atoms with Gasteiger partial charge in [-0.2, -0.15) is 0 Å². The van der Waals surface area contributed by atoms with Crippen LogP contribution in [0.4, 0.5) is 11.4 Å². The Morgan fingerprint density at radius 2 is 1.58 bits per heavy atom. The number of hydrogen-bond acceptors (Lipinski definition) is 4. The lowest BCUT2D eigenvalue weighted by molar-refractivity contribution is -0.136. The predicted molar refractivity (Wildman–Crippen MR) is 150 cm³/mol. The second-order valence-electron chi connectivity index (χ2n) is 9.64. The zero-order valence-electron chi connectivity index (χ0n) is 21.5. The number of para-hydroxylation sites is 1. The maximum Gasteiger partial charge on any atom is 0.305 e. The van der Waals surface area contributed by atoms with Crippen molar-refractivity contribution in [2.45, 2.75) is 32.7 Å². The molecular formula is C30H32N4O4. The fourth-order valence-electron chi connectivity index (χ4n) is 4.20. The van der Waals surface area contributed by atoms with Gasteiger partial charge < -0.3 is 26.0 Å². The normalized spacial score (nSPS) is 11.8. The number of H-pyrrole nitrogens is 1. The van der Waals surface area contributed by atoms with Crippen LogP contribution in [-0.2, 0) is 9.59 Å². The lowest BCUT2D eigenvalue weighted by Gasteiger charge is -2.21. The monoisotopic (exact) mass is 512 g/mol. The van der Waals surface area contributed by atoms with E-state index in [4.69, 9.17) is 5.11 Å². The Balaban J connectivity index is 1.39. The van der Waals surface area contributed by atoms with Gasteiger partial charge in [-0.1, -0.05) is 44.2 Å². The summed E-state index contributed by atoms with van der Waals surface area (Å²) in [6, 6.07) is 24.3. The van der Waals surface area contributed by atoms with E-state index >= 15 is 0 Å². The van der Waals surface area contributed by atoms with Crippen LogP contribution in [0.1, 0.15) is 37.0 Å². The summed E-state index contributed by atoms with van der Waals surface area (Å²) < 4.78 is 0. The number of carboxylic acid groups (broad SMARTS) is 1. The molecule has 0 aliphatic heterocycles. The van der Waals surface area contributed by atoms with E-state index in [2.05, 4.69) is 46.9 Å². The SMILES string of the molecule is CC(C)CC(Nc1ccc(C(=O)NCCC(=O)O)cc1)C(=O)Nc1ccc(-c2cc3ccccc3[nH]2)cc1. The molecule has 38 heavy (non-hydrogen) atoms. The van der Waals surface area contributed by atoms with E-state index in [1.165, 1.54) is 0 Å². The largest absolute Gasteiger partial charge is 0.481 e. The second kappa shape index (κ2) is 12.1. The molecule has 2 amide bonds. The number of hydrogen-bond donors (Lipinski definition) is 5. The second-order valence-corrected chi connectivity index (χ2v) is 9.64. The van der Waals surface area contributed by atoms with Crippen molar-refractivity contribution in [2.24, 2.45) is 5.92 Å². The molecule has 0 saturated carbocycles. The molecule has 1 unspecified atom stereocenters. The summed E-state index contributed by atoms with van der Waals surface area (Å²) in [5.41, 5.74) is 4.96. The number of aromatic nitrogens is 1. The van der Waals surface area contributed by atoms with Crippen molar-refractivity contribution in [1.29, 1.82) is 0 Å². The van der Waals surface area contributed by atoms with Crippen molar-refractivity contribution in [3.63, 3.8) is 0 Å². The summed E-state index contributed by atoms with van der Waals surface area (Å²) in [4.78, 5) is 39.4. The minimum absolute atomic E-state index is 0.0630. The van der Waals surface area contributed by atoms with E-state index in [0.29, 0.717) is 23.4 Å². The molecule has 4 aromatic rings. The van der Waals surface area contributed by atoms with Gasteiger partial charge in [-0.15, -0.1) is 0 Å². The molecule has 0 aliphatic carbocycles. The average Bonchev–Trinajstić information content (AvgIpc) is 3.33. The highest BCUT2D eigenvalue weighted by atomic mass is 16.4. The molecule has 8 heteroatoms. The van der Waals surface area contributed by atoms with Gasteiger partial charge >= 0.3 is 5.97 Å². The quantitative estimate of drug-likeness (QED) is 0.181. The molecule has 5 N–H and O–H groups in total. The minimum Gasteiger partial charge on any atom is -0.481 e. The van der Waals surface area contributed by atoms with Crippen LogP contribution in [0.3, 0.4) is 0 Å². The number of carbonyl (C=O) groups is 3. The van der Waals surface area contributed by atoms with E-state index < -0.39 is 12.0 Å². The van der Waals surface area contributed by atoms with Gasteiger partial charge in [0.2, 0.25) is 5.91 Å². The van der Waals surface area contributed by atoms with Crippen molar-refractivity contribution < 1.29 is 19.5 Å². The van der Waals surface area contributed by atoms with Gasteiger partial charge in [0.05, 0.1) is 6.42 Å². The molecule has 1 atom stereocenters. The van der Waals surface area contributed by atoms with Crippen LogP contribution in [0.15, 0.2) is 78.9 Å². The highest BCUT2D eigenvalue weighted by Crippen LogP contribution is 2.25. The number of fused-ring (bicyclic) bond motifs is 1. The fraction of sp³-hybridized carbons (Fsp3) is 0.233. The smallest absolute Gasteiger partial charge is 0.305 e.